The standard InChI is InChI=1S/C12H19N3O3/c1-3-4-13-10-7-17-6-9(10)11(16)15-12-14-8(2)5-18-12/h5,9-10,13H,3-4,6-7H2,1-2H3,(H,14,15,16). The van der Waals surface area contributed by atoms with E-state index in [1.807, 2.05) is 6.92 Å². The minimum absolute atomic E-state index is 0.0704. The van der Waals surface area contributed by atoms with Crippen LogP contribution in [-0.2, 0) is 9.53 Å². The first kappa shape index (κ1) is 13.0. The third kappa shape index (κ3) is 3.08. The van der Waals surface area contributed by atoms with Crippen molar-refractivity contribution >= 4 is 11.9 Å². The van der Waals surface area contributed by atoms with Crippen molar-refractivity contribution in [1.82, 2.24) is 10.3 Å². The molecule has 2 heterocycles. The molecule has 1 aliphatic rings. The van der Waals surface area contributed by atoms with Gasteiger partial charge >= 0.3 is 6.01 Å². The zero-order valence-electron chi connectivity index (χ0n) is 10.7. The summed E-state index contributed by atoms with van der Waals surface area (Å²) in [5.74, 6) is -0.299. The molecule has 1 amide bonds. The summed E-state index contributed by atoms with van der Waals surface area (Å²) in [5.41, 5.74) is 0.744. The number of nitrogens with one attached hydrogen (secondary N) is 2. The number of hydrogen-bond donors (Lipinski definition) is 2. The third-order valence-corrected chi connectivity index (χ3v) is 2.92. The topological polar surface area (TPSA) is 76.4 Å². The highest BCUT2D eigenvalue weighted by molar-refractivity contribution is 5.91. The molecular formula is C12H19N3O3. The highest BCUT2D eigenvalue weighted by atomic mass is 16.5. The van der Waals surface area contributed by atoms with Crippen LogP contribution < -0.4 is 10.6 Å². The van der Waals surface area contributed by atoms with Crippen LogP contribution in [0.4, 0.5) is 6.01 Å². The van der Waals surface area contributed by atoms with Crippen LogP contribution in [0.5, 0.6) is 0 Å². The zero-order valence-corrected chi connectivity index (χ0v) is 10.7. The minimum atomic E-state index is -0.191. The van der Waals surface area contributed by atoms with E-state index < -0.39 is 0 Å². The maximum atomic E-state index is 12.1. The quantitative estimate of drug-likeness (QED) is 0.816. The van der Waals surface area contributed by atoms with Gasteiger partial charge in [0, 0.05) is 6.04 Å². The smallest absolute Gasteiger partial charge is 0.301 e. The van der Waals surface area contributed by atoms with Gasteiger partial charge in [-0.15, -0.1) is 0 Å². The molecular weight excluding hydrogens is 234 g/mol. The second-order valence-corrected chi connectivity index (χ2v) is 4.49. The van der Waals surface area contributed by atoms with Crippen LogP contribution in [0, 0.1) is 12.8 Å². The van der Waals surface area contributed by atoms with E-state index in [0.717, 1.165) is 18.7 Å². The van der Waals surface area contributed by atoms with Crippen LogP contribution in [0.25, 0.3) is 0 Å². The monoisotopic (exact) mass is 253 g/mol. The average Bonchev–Trinajstić information content (AvgIpc) is 2.95. The summed E-state index contributed by atoms with van der Waals surface area (Å²) >= 11 is 0. The molecule has 2 atom stereocenters. The van der Waals surface area contributed by atoms with Crippen LogP contribution in [-0.4, -0.2) is 36.7 Å². The summed E-state index contributed by atoms with van der Waals surface area (Å²) in [7, 11) is 0. The lowest BCUT2D eigenvalue weighted by atomic mass is 10.0. The van der Waals surface area contributed by atoms with E-state index in [1.54, 1.807) is 0 Å². The number of amides is 1. The highest BCUT2D eigenvalue weighted by Gasteiger charge is 2.34. The fraction of sp³-hybridized carbons (Fsp3) is 0.667. The van der Waals surface area contributed by atoms with Crippen molar-refractivity contribution in [3.05, 3.63) is 12.0 Å². The van der Waals surface area contributed by atoms with E-state index in [4.69, 9.17) is 9.15 Å². The van der Waals surface area contributed by atoms with Crippen molar-refractivity contribution < 1.29 is 13.9 Å². The molecule has 6 nitrogen and oxygen atoms in total. The van der Waals surface area contributed by atoms with Crippen molar-refractivity contribution in [3.63, 3.8) is 0 Å². The van der Waals surface area contributed by atoms with Crippen molar-refractivity contribution in [3.8, 4) is 0 Å². The zero-order chi connectivity index (χ0) is 13.0. The van der Waals surface area contributed by atoms with Crippen LogP contribution in [0.15, 0.2) is 10.7 Å². The number of nitrogens with zero attached hydrogens (tertiary/aromatic N) is 1. The van der Waals surface area contributed by atoms with Crippen molar-refractivity contribution in [2.75, 3.05) is 25.1 Å². The van der Waals surface area contributed by atoms with Crippen molar-refractivity contribution in [1.29, 1.82) is 0 Å². The molecule has 18 heavy (non-hydrogen) atoms. The molecule has 0 bridgehead atoms. The Labute approximate surface area is 106 Å². The minimum Gasteiger partial charge on any atom is -0.432 e. The van der Waals surface area contributed by atoms with Gasteiger partial charge in [0.05, 0.1) is 24.8 Å². The highest BCUT2D eigenvalue weighted by Crippen LogP contribution is 2.16. The molecule has 2 unspecified atom stereocenters. The van der Waals surface area contributed by atoms with Gasteiger partial charge in [0.15, 0.2) is 0 Å². The van der Waals surface area contributed by atoms with E-state index in [1.165, 1.54) is 6.26 Å². The number of rotatable bonds is 5. The fourth-order valence-electron chi connectivity index (χ4n) is 1.95. The van der Waals surface area contributed by atoms with Crippen LogP contribution >= 0.6 is 0 Å². The SMILES string of the molecule is CCCNC1COCC1C(=O)Nc1nc(C)co1. The van der Waals surface area contributed by atoms with E-state index >= 15 is 0 Å². The van der Waals surface area contributed by atoms with Gasteiger partial charge < -0.3 is 14.5 Å². The summed E-state index contributed by atoms with van der Waals surface area (Å²) in [6.45, 7) is 5.79. The Kier molecular flexibility index (Phi) is 4.33. The number of aryl methyl sites for hydroxylation is 1. The summed E-state index contributed by atoms with van der Waals surface area (Å²) in [6.07, 6.45) is 2.54. The fourth-order valence-corrected chi connectivity index (χ4v) is 1.95. The Morgan fingerprint density at radius 2 is 2.39 bits per heavy atom. The number of anilines is 1. The van der Waals surface area contributed by atoms with Gasteiger partial charge in [-0.2, -0.15) is 4.98 Å². The summed E-state index contributed by atoms with van der Waals surface area (Å²) in [6, 6.07) is 0.319. The number of carbonyl (C=O) groups excluding carboxylic acids is 1. The van der Waals surface area contributed by atoms with Gasteiger partial charge in [-0.05, 0) is 19.9 Å². The number of oxazole rings is 1. The van der Waals surface area contributed by atoms with Crippen LogP contribution in [0.3, 0.4) is 0 Å². The van der Waals surface area contributed by atoms with Crippen LogP contribution in [0.2, 0.25) is 0 Å². The molecule has 2 N–H and O–H groups in total. The molecule has 1 aliphatic heterocycles. The van der Waals surface area contributed by atoms with Crippen molar-refractivity contribution in [2.24, 2.45) is 5.92 Å². The van der Waals surface area contributed by atoms with Gasteiger partial charge in [0.2, 0.25) is 5.91 Å². The molecule has 1 aromatic rings. The average molecular weight is 253 g/mol. The van der Waals surface area contributed by atoms with E-state index in [0.29, 0.717) is 13.2 Å². The molecule has 0 saturated carbocycles. The lowest BCUT2D eigenvalue weighted by Crippen LogP contribution is -2.41. The van der Waals surface area contributed by atoms with E-state index in [2.05, 4.69) is 22.5 Å². The van der Waals surface area contributed by atoms with E-state index in [9.17, 15) is 4.79 Å². The number of hydrogen-bond acceptors (Lipinski definition) is 5. The molecule has 0 aromatic carbocycles. The summed E-state index contributed by atoms with van der Waals surface area (Å²) in [5, 5.41) is 5.99. The maximum absolute atomic E-state index is 12.1. The second-order valence-electron chi connectivity index (χ2n) is 4.49. The molecule has 100 valence electrons. The van der Waals surface area contributed by atoms with Crippen LogP contribution in [0.1, 0.15) is 19.0 Å². The summed E-state index contributed by atoms with van der Waals surface area (Å²) < 4.78 is 10.5. The first-order chi connectivity index (χ1) is 8.70. The Balaban J connectivity index is 1.91. The van der Waals surface area contributed by atoms with Gasteiger partial charge in [-0.25, -0.2) is 0 Å². The number of aromatic nitrogens is 1. The normalized spacial score (nSPS) is 23.2. The molecule has 1 saturated heterocycles. The molecule has 0 radical (unpaired) electrons. The first-order valence-electron chi connectivity index (χ1n) is 6.25. The maximum Gasteiger partial charge on any atom is 0.301 e. The molecule has 0 spiro atoms. The van der Waals surface area contributed by atoms with Gasteiger partial charge in [-0.3, -0.25) is 10.1 Å². The molecule has 6 heteroatoms. The predicted octanol–water partition coefficient (Wildman–Crippen LogP) is 0.936. The molecule has 0 aliphatic carbocycles. The number of ether oxygens (including phenoxy) is 1. The van der Waals surface area contributed by atoms with Gasteiger partial charge in [0.25, 0.3) is 0 Å². The largest absolute Gasteiger partial charge is 0.432 e. The lowest BCUT2D eigenvalue weighted by molar-refractivity contribution is -0.120. The Morgan fingerprint density at radius 3 is 3.06 bits per heavy atom. The molecule has 2 rings (SSSR count). The Bertz CT molecular complexity index is 405. The first-order valence-corrected chi connectivity index (χ1v) is 6.25. The predicted molar refractivity (Wildman–Crippen MR) is 66.3 cm³/mol. The van der Waals surface area contributed by atoms with Crippen molar-refractivity contribution in [2.45, 2.75) is 26.3 Å². The summed E-state index contributed by atoms with van der Waals surface area (Å²) in [4.78, 5) is 16.1. The van der Waals surface area contributed by atoms with Gasteiger partial charge in [0.1, 0.15) is 6.26 Å². The third-order valence-electron chi connectivity index (χ3n) is 2.92. The second kappa shape index (κ2) is 5.97. The number of carbonyl (C=O) groups is 1. The molecule has 1 fully saturated rings. The lowest BCUT2D eigenvalue weighted by Gasteiger charge is -2.17. The van der Waals surface area contributed by atoms with E-state index in [-0.39, 0.29) is 23.9 Å². The Hall–Kier alpha value is -1.40. The molecule has 1 aromatic heterocycles. The Morgan fingerprint density at radius 1 is 1.56 bits per heavy atom. The van der Waals surface area contributed by atoms with Gasteiger partial charge in [-0.1, -0.05) is 6.92 Å².